The van der Waals surface area contributed by atoms with Crippen LogP contribution in [0.15, 0.2) is 30.1 Å². The van der Waals surface area contributed by atoms with Gasteiger partial charge in [0.1, 0.15) is 0 Å². The predicted octanol–water partition coefficient (Wildman–Crippen LogP) is 1.04. The fourth-order valence-electron chi connectivity index (χ4n) is 0.385. The molecular weight excluding hydrogens is 103 g/mol. The quantitative estimate of drug-likeness (QED) is 0.387. The van der Waals surface area contributed by atoms with Crippen molar-refractivity contribution < 1.29 is 10.5 Å². The van der Waals surface area contributed by atoms with Gasteiger partial charge in [-0.25, -0.2) is 0 Å². The van der Waals surface area contributed by atoms with Crippen LogP contribution in [0.3, 0.4) is 0 Å². The Labute approximate surface area is 48.6 Å². The van der Waals surface area contributed by atoms with E-state index in [-0.39, 0.29) is 0 Å². The Morgan fingerprint density at radius 2 is 1.38 bits per heavy atom. The summed E-state index contributed by atoms with van der Waals surface area (Å²) in [6.07, 6.45) is 0. The normalized spacial score (nSPS) is 6.25. The zero-order chi connectivity index (χ0) is 6.24. The van der Waals surface area contributed by atoms with Gasteiger partial charge >= 0.3 is 37.0 Å². The molecule has 0 amide bonds. The summed E-state index contributed by atoms with van der Waals surface area (Å²) < 4.78 is 0. The van der Waals surface area contributed by atoms with Gasteiger partial charge in [-0.2, -0.15) is 0 Å². The average Bonchev–Trinajstić information content (AvgIpc) is 1.96. The summed E-state index contributed by atoms with van der Waals surface area (Å²) in [6.45, 7) is 2.00. The number of hydrogen-bond acceptors (Lipinski definition) is 2. The minimum absolute atomic E-state index is 2.00. The van der Waals surface area contributed by atoms with Gasteiger partial charge in [0.25, 0.3) is 0 Å². The summed E-state index contributed by atoms with van der Waals surface area (Å²) in [6, 6.07) is 6.00. The molecule has 1 heterocycles. The van der Waals surface area contributed by atoms with E-state index in [4.69, 9.17) is 10.5 Å². The van der Waals surface area contributed by atoms with Crippen LogP contribution in [-0.4, -0.2) is 17.4 Å². The standard InChI is InChI=1S/C5H5B.H2O2/c1-2-4-6-5-3-1;1-2/h1-5H;1-2H. The summed E-state index contributed by atoms with van der Waals surface area (Å²) in [4.78, 5) is 0. The Kier molecular flexibility index (Phi) is 5.81. The van der Waals surface area contributed by atoms with Gasteiger partial charge < -0.3 is 0 Å². The van der Waals surface area contributed by atoms with Gasteiger partial charge in [0.15, 0.2) is 0 Å². The minimum atomic E-state index is 2.00. The fourth-order valence-corrected chi connectivity index (χ4v) is 0.385. The molecule has 0 atom stereocenters. The van der Waals surface area contributed by atoms with Gasteiger partial charge in [-0.3, -0.25) is 10.5 Å². The van der Waals surface area contributed by atoms with Gasteiger partial charge in [-0.15, -0.1) is 0 Å². The Morgan fingerprint density at radius 1 is 0.875 bits per heavy atom. The first kappa shape index (κ1) is 7.33. The van der Waals surface area contributed by atoms with Crippen molar-refractivity contribution in [3.63, 3.8) is 0 Å². The van der Waals surface area contributed by atoms with Crippen LogP contribution in [0.4, 0.5) is 0 Å². The molecule has 0 saturated heterocycles. The zero-order valence-electron chi connectivity index (χ0n) is 4.36. The van der Waals surface area contributed by atoms with Crippen LogP contribution in [0.2, 0.25) is 0 Å². The Hall–Kier alpha value is -0.665. The second kappa shape index (κ2) is 6.33. The molecule has 0 bridgehead atoms. The summed E-state index contributed by atoms with van der Waals surface area (Å²) in [5, 5.41) is 12.0. The van der Waals surface area contributed by atoms with E-state index >= 15 is 0 Å². The third kappa shape index (κ3) is 3.52. The van der Waals surface area contributed by atoms with E-state index in [1.807, 2.05) is 37.0 Å². The zero-order valence-corrected chi connectivity index (χ0v) is 4.36. The maximum absolute atomic E-state index is 6.00. The second-order valence-electron chi connectivity index (χ2n) is 1.15. The molecule has 0 aromatic carbocycles. The van der Waals surface area contributed by atoms with E-state index in [2.05, 4.69) is 0 Å². The Morgan fingerprint density at radius 3 is 1.50 bits per heavy atom. The topological polar surface area (TPSA) is 40.5 Å². The van der Waals surface area contributed by atoms with Crippen LogP contribution < -0.4 is 0 Å². The summed E-state index contributed by atoms with van der Waals surface area (Å²) >= 11 is 0. The number of hydrogen-bond donors (Lipinski definition) is 2. The van der Waals surface area contributed by atoms with Crippen LogP contribution in [0.1, 0.15) is 0 Å². The summed E-state index contributed by atoms with van der Waals surface area (Å²) in [5.74, 6) is 4.00. The molecule has 0 radical (unpaired) electrons. The van der Waals surface area contributed by atoms with Crippen molar-refractivity contribution in [2.45, 2.75) is 0 Å². The molecule has 8 heavy (non-hydrogen) atoms. The molecule has 0 aliphatic carbocycles. The van der Waals surface area contributed by atoms with E-state index in [1.165, 1.54) is 0 Å². The average molecular weight is 110 g/mol. The van der Waals surface area contributed by atoms with Crippen molar-refractivity contribution in [2.24, 2.45) is 0 Å². The van der Waals surface area contributed by atoms with Gasteiger partial charge in [0, 0.05) is 0 Å². The van der Waals surface area contributed by atoms with Gasteiger partial charge in [-0.05, 0) is 0 Å². The van der Waals surface area contributed by atoms with Gasteiger partial charge in [0.2, 0.25) is 0 Å². The van der Waals surface area contributed by atoms with E-state index in [9.17, 15) is 0 Å². The van der Waals surface area contributed by atoms with Crippen molar-refractivity contribution in [1.29, 1.82) is 0 Å². The molecule has 2 nitrogen and oxygen atoms in total. The first-order valence-corrected chi connectivity index (χ1v) is 2.20. The van der Waals surface area contributed by atoms with Crippen molar-refractivity contribution in [3.05, 3.63) is 30.1 Å². The molecular formula is C5H7BO2. The fraction of sp³-hybridized carbons (Fsp3) is 0. The molecule has 1 aromatic heterocycles. The first-order chi connectivity index (χ1) is 4.00. The van der Waals surface area contributed by atoms with Crippen LogP contribution in [0, 0.1) is 0 Å². The molecule has 2 N–H and O–H groups in total. The molecule has 0 aliphatic rings. The van der Waals surface area contributed by atoms with Crippen LogP contribution >= 0.6 is 0 Å². The van der Waals surface area contributed by atoms with Crippen molar-refractivity contribution in [2.75, 3.05) is 0 Å². The van der Waals surface area contributed by atoms with Crippen LogP contribution in [0.25, 0.3) is 0 Å². The molecule has 0 fully saturated rings. The summed E-state index contributed by atoms with van der Waals surface area (Å²) in [5.41, 5.74) is 0. The molecule has 0 aliphatic heterocycles. The molecule has 1 aromatic rings. The molecule has 0 saturated carbocycles. The Balaban J connectivity index is 0.000000222. The van der Waals surface area contributed by atoms with Crippen molar-refractivity contribution in [1.82, 2.24) is 0 Å². The van der Waals surface area contributed by atoms with Crippen LogP contribution in [0.5, 0.6) is 0 Å². The predicted molar refractivity (Wildman–Crippen MR) is 33.0 cm³/mol. The van der Waals surface area contributed by atoms with E-state index in [0.717, 1.165) is 0 Å². The van der Waals surface area contributed by atoms with Gasteiger partial charge in [0.05, 0.1) is 0 Å². The molecule has 0 unspecified atom stereocenters. The first-order valence-electron chi connectivity index (χ1n) is 2.20. The Bertz CT molecular complexity index is 82.4. The SMILES string of the molecule is OO.b1ccccc1. The van der Waals surface area contributed by atoms with E-state index in [0.29, 0.717) is 0 Å². The van der Waals surface area contributed by atoms with Gasteiger partial charge in [-0.1, -0.05) is 0 Å². The summed E-state index contributed by atoms with van der Waals surface area (Å²) in [7, 11) is 0. The van der Waals surface area contributed by atoms with E-state index < -0.39 is 0 Å². The van der Waals surface area contributed by atoms with E-state index in [1.54, 1.807) is 0 Å². The second-order valence-corrected chi connectivity index (χ2v) is 1.15. The third-order valence-corrected chi connectivity index (χ3v) is 0.667. The monoisotopic (exact) mass is 110 g/mol. The molecule has 1 rings (SSSR count). The molecule has 42 valence electrons. The molecule has 3 heteroatoms. The van der Waals surface area contributed by atoms with Crippen molar-refractivity contribution >= 4 is 6.91 Å². The maximum atomic E-state index is 6.00. The third-order valence-electron chi connectivity index (χ3n) is 0.667. The van der Waals surface area contributed by atoms with Crippen LogP contribution in [-0.2, 0) is 0 Å². The molecule has 0 spiro atoms. The number of rotatable bonds is 0. The van der Waals surface area contributed by atoms with Crippen molar-refractivity contribution in [3.8, 4) is 0 Å².